The molecule has 2 aromatic carbocycles. The summed E-state index contributed by atoms with van der Waals surface area (Å²) in [5, 5.41) is 1.89. The number of methoxy groups -OCH3 is 4. The van der Waals surface area contributed by atoms with Crippen LogP contribution in [0.5, 0.6) is 23.0 Å². The lowest BCUT2D eigenvalue weighted by Crippen LogP contribution is -2.57. The zero-order valence-corrected chi connectivity index (χ0v) is 21.4. The summed E-state index contributed by atoms with van der Waals surface area (Å²) in [6.45, 7) is 3.64. The third-order valence-corrected chi connectivity index (χ3v) is 7.05. The van der Waals surface area contributed by atoms with E-state index < -0.39 is 23.4 Å². The summed E-state index contributed by atoms with van der Waals surface area (Å²) >= 11 is 0. The summed E-state index contributed by atoms with van der Waals surface area (Å²) in [6.07, 6.45) is 4.65. The van der Waals surface area contributed by atoms with Crippen molar-refractivity contribution in [3.05, 3.63) is 53.3 Å². The zero-order valence-electron chi connectivity index (χ0n) is 21.4. The number of nitrogens with two attached hydrogens (primary N) is 1. The van der Waals surface area contributed by atoms with E-state index >= 15 is 0 Å². The first kappa shape index (κ1) is 25.2. The van der Waals surface area contributed by atoms with Crippen LogP contribution in [0, 0.1) is 0 Å². The highest BCUT2D eigenvalue weighted by atomic mass is 16.5. The highest BCUT2D eigenvalue weighted by Gasteiger charge is 2.46. The number of amides is 2. The molecule has 0 saturated carbocycles. The second-order valence-electron chi connectivity index (χ2n) is 9.11. The number of nitrogens with zero attached hydrogens (tertiary/aromatic N) is 2. The van der Waals surface area contributed by atoms with E-state index in [4.69, 9.17) is 24.7 Å². The molecule has 0 spiro atoms. The summed E-state index contributed by atoms with van der Waals surface area (Å²) in [5.74, 6) is 1.03. The molecule has 0 saturated heterocycles. The van der Waals surface area contributed by atoms with Crippen molar-refractivity contribution in [3.8, 4) is 23.0 Å². The molecule has 3 aromatic rings. The Kier molecular flexibility index (Phi) is 6.77. The first-order valence-electron chi connectivity index (χ1n) is 11.6. The maximum absolute atomic E-state index is 13.4. The standard InChI is InChI=1S/C27H31N3O6/c1-15(30-25(31)18-7-8-20(33-3)24(36-6)23(18)26(30)32)27(2,28)10-9-16-13-29-14-17-11-21(34-4)22(35-5)12-19(16)17/h7-8,11-15H,9-10,28H2,1-6H3. The number of hydrogen-bond donors (Lipinski definition) is 1. The topological polar surface area (TPSA) is 113 Å². The van der Waals surface area contributed by atoms with Gasteiger partial charge in [0, 0.05) is 23.3 Å². The fourth-order valence-electron chi connectivity index (χ4n) is 4.68. The predicted octanol–water partition coefficient (Wildman–Crippen LogP) is 3.60. The van der Waals surface area contributed by atoms with Crippen LogP contribution in [0.4, 0.5) is 0 Å². The molecular weight excluding hydrogens is 462 g/mol. The minimum atomic E-state index is -0.886. The van der Waals surface area contributed by atoms with Gasteiger partial charge in [-0.2, -0.15) is 0 Å². The normalized spacial score (nSPS) is 15.5. The second-order valence-corrected chi connectivity index (χ2v) is 9.11. The molecule has 2 unspecified atom stereocenters. The first-order chi connectivity index (χ1) is 17.2. The van der Waals surface area contributed by atoms with Gasteiger partial charge >= 0.3 is 0 Å². The van der Waals surface area contributed by atoms with Crippen LogP contribution in [0.3, 0.4) is 0 Å². The molecule has 4 rings (SSSR count). The lowest BCUT2D eigenvalue weighted by Gasteiger charge is -2.37. The van der Waals surface area contributed by atoms with E-state index in [2.05, 4.69) is 4.98 Å². The van der Waals surface area contributed by atoms with Crippen molar-refractivity contribution >= 4 is 22.6 Å². The number of carbonyl (C=O) groups is 2. The van der Waals surface area contributed by atoms with Crippen molar-refractivity contribution in [2.75, 3.05) is 28.4 Å². The molecule has 2 heterocycles. The van der Waals surface area contributed by atoms with Crippen molar-refractivity contribution in [1.82, 2.24) is 9.88 Å². The highest BCUT2D eigenvalue weighted by molar-refractivity contribution is 6.23. The average Bonchev–Trinajstić information content (AvgIpc) is 3.14. The molecule has 190 valence electrons. The molecule has 2 amide bonds. The van der Waals surface area contributed by atoms with Crippen LogP contribution in [-0.4, -0.2) is 61.7 Å². The number of benzene rings is 2. The van der Waals surface area contributed by atoms with Gasteiger partial charge in [-0.25, -0.2) is 0 Å². The number of carbonyl (C=O) groups excluding carboxylic acids is 2. The summed E-state index contributed by atoms with van der Waals surface area (Å²) in [4.78, 5) is 32.3. The molecule has 0 aliphatic carbocycles. The van der Waals surface area contributed by atoms with Crippen LogP contribution < -0.4 is 24.7 Å². The Morgan fingerprint density at radius 3 is 2.25 bits per heavy atom. The molecule has 9 nitrogen and oxygen atoms in total. The minimum Gasteiger partial charge on any atom is -0.493 e. The number of aromatic nitrogens is 1. The molecule has 36 heavy (non-hydrogen) atoms. The van der Waals surface area contributed by atoms with Gasteiger partial charge in [-0.15, -0.1) is 0 Å². The van der Waals surface area contributed by atoms with Crippen LogP contribution in [0.15, 0.2) is 36.7 Å². The van der Waals surface area contributed by atoms with Gasteiger partial charge in [0.25, 0.3) is 11.8 Å². The largest absolute Gasteiger partial charge is 0.493 e. The Morgan fingerprint density at radius 1 is 0.944 bits per heavy atom. The number of pyridine rings is 1. The molecule has 0 radical (unpaired) electrons. The van der Waals surface area contributed by atoms with E-state index in [-0.39, 0.29) is 16.9 Å². The Hall–Kier alpha value is -3.85. The van der Waals surface area contributed by atoms with E-state index in [0.717, 1.165) is 16.3 Å². The smallest absolute Gasteiger partial charge is 0.265 e. The Bertz CT molecular complexity index is 1340. The molecule has 1 aliphatic heterocycles. The summed E-state index contributed by atoms with van der Waals surface area (Å²) in [7, 11) is 6.11. The lowest BCUT2D eigenvalue weighted by molar-refractivity contribution is 0.0521. The van der Waals surface area contributed by atoms with E-state index in [1.54, 1.807) is 45.7 Å². The predicted molar refractivity (Wildman–Crippen MR) is 135 cm³/mol. The average molecular weight is 494 g/mol. The molecule has 0 bridgehead atoms. The SMILES string of the molecule is COc1cc2cncc(CCC(C)(N)C(C)N3C(=O)c4ccc(OC)c(OC)c4C3=O)c2cc1OC. The molecular formula is C27H31N3O6. The summed E-state index contributed by atoms with van der Waals surface area (Å²) < 4.78 is 21.6. The number of aryl methyl sites for hydroxylation is 1. The maximum atomic E-state index is 13.4. The van der Waals surface area contributed by atoms with Crippen LogP contribution in [0.2, 0.25) is 0 Å². The van der Waals surface area contributed by atoms with Crippen molar-refractivity contribution in [2.45, 2.75) is 38.3 Å². The van der Waals surface area contributed by atoms with Crippen LogP contribution in [-0.2, 0) is 6.42 Å². The number of imide groups is 1. The minimum absolute atomic E-state index is 0.198. The third kappa shape index (κ3) is 4.09. The van der Waals surface area contributed by atoms with Gasteiger partial charge in [0.1, 0.15) is 0 Å². The van der Waals surface area contributed by atoms with Gasteiger partial charge < -0.3 is 24.7 Å². The van der Waals surface area contributed by atoms with Gasteiger partial charge in [-0.1, -0.05) is 0 Å². The van der Waals surface area contributed by atoms with E-state index in [9.17, 15) is 9.59 Å². The van der Waals surface area contributed by atoms with Crippen molar-refractivity contribution in [3.63, 3.8) is 0 Å². The van der Waals surface area contributed by atoms with Crippen molar-refractivity contribution < 1.29 is 28.5 Å². The molecule has 0 fully saturated rings. The molecule has 2 N–H and O–H groups in total. The summed E-state index contributed by atoms with van der Waals surface area (Å²) in [5.41, 5.74) is 7.32. The third-order valence-electron chi connectivity index (χ3n) is 7.05. The van der Waals surface area contributed by atoms with Crippen LogP contribution >= 0.6 is 0 Å². The van der Waals surface area contributed by atoms with Gasteiger partial charge in [-0.3, -0.25) is 19.5 Å². The number of rotatable bonds is 9. The molecule has 1 aliphatic rings. The first-order valence-corrected chi connectivity index (χ1v) is 11.6. The molecule has 9 heteroatoms. The zero-order chi connectivity index (χ0) is 26.2. The maximum Gasteiger partial charge on any atom is 0.265 e. The number of hydrogen-bond acceptors (Lipinski definition) is 8. The lowest BCUT2D eigenvalue weighted by atomic mass is 9.86. The number of fused-ring (bicyclic) bond motifs is 2. The Morgan fingerprint density at radius 2 is 1.61 bits per heavy atom. The van der Waals surface area contributed by atoms with Crippen LogP contribution in [0.25, 0.3) is 10.8 Å². The Balaban J connectivity index is 1.60. The Labute approximate surface area is 210 Å². The number of ether oxygens (including phenoxy) is 4. The van der Waals surface area contributed by atoms with Crippen molar-refractivity contribution in [2.24, 2.45) is 5.73 Å². The molecule has 1 aromatic heterocycles. The van der Waals surface area contributed by atoms with Gasteiger partial charge in [0.2, 0.25) is 0 Å². The highest BCUT2D eigenvalue weighted by Crippen LogP contribution is 2.40. The van der Waals surface area contributed by atoms with E-state index in [1.807, 2.05) is 19.1 Å². The van der Waals surface area contributed by atoms with Crippen molar-refractivity contribution in [1.29, 1.82) is 0 Å². The van der Waals surface area contributed by atoms with Gasteiger partial charge in [-0.05, 0) is 61.9 Å². The fourth-order valence-corrected chi connectivity index (χ4v) is 4.68. The van der Waals surface area contributed by atoms with Crippen LogP contribution in [0.1, 0.15) is 46.5 Å². The fraction of sp³-hybridized carbons (Fsp3) is 0.370. The monoisotopic (exact) mass is 493 g/mol. The van der Waals surface area contributed by atoms with Gasteiger partial charge in [0.05, 0.1) is 45.6 Å². The second kappa shape index (κ2) is 9.66. The quantitative estimate of drug-likeness (QED) is 0.450. The van der Waals surface area contributed by atoms with E-state index in [0.29, 0.717) is 30.1 Å². The molecule has 2 atom stereocenters. The van der Waals surface area contributed by atoms with Gasteiger partial charge in [0.15, 0.2) is 23.0 Å². The summed E-state index contributed by atoms with van der Waals surface area (Å²) in [6, 6.07) is 6.43. The van der Waals surface area contributed by atoms with E-state index in [1.165, 1.54) is 19.1 Å².